The number of carbonyl (C=O) groups is 2. The summed E-state index contributed by atoms with van der Waals surface area (Å²) in [6.45, 7) is 8.30. The van der Waals surface area contributed by atoms with Gasteiger partial charge in [0.15, 0.2) is 0 Å². The van der Waals surface area contributed by atoms with E-state index in [1.54, 1.807) is 0 Å². The van der Waals surface area contributed by atoms with Gasteiger partial charge in [-0.15, -0.1) is 0 Å². The molecule has 0 spiro atoms. The first kappa shape index (κ1) is 23.5. The Labute approximate surface area is 216 Å². The lowest BCUT2D eigenvalue weighted by molar-refractivity contribution is -0.176. The molecule has 6 rings (SSSR count). The molecule has 1 aliphatic heterocycles. The number of hydrogen-bond donors (Lipinski definition) is 0. The van der Waals surface area contributed by atoms with E-state index in [4.69, 9.17) is 14.2 Å². The zero-order valence-electron chi connectivity index (χ0n) is 21.6. The van der Waals surface area contributed by atoms with Crippen molar-refractivity contribution in [3.8, 4) is 22.6 Å². The van der Waals surface area contributed by atoms with Crippen LogP contribution in [-0.2, 0) is 14.3 Å². The molecule has 1 saturated heterocycles. The van der Waals surface area contributed by atoms with E-state index in [9.17, 15) is 9.59 Å². The lowest BCUT2D eigenvalue weighted by Gasteiger charge is -2.34. The molecule has 1 aliphatic carbocycles. The van der Waals surface area contributed by atoms with Gasteiger partial charge in [-0.3, -0.25) is 4.79 Å². The van der Waals surface area contributed by atoms with E-state index in [0.29, 0.717) is 25.2 Å². The van der Waals surface area contributed by atoms with Crippen molar-refractivity contribution in [1.82, 2.24) is 0 Å². The Hall–Kier alpha value is -3.86. The molecule has 5 nitrogen and oxygen atoms in total. The smallest absolute Gasteiger partial charge is 0.356 e. The number of ether oxygens (including phenoxy) is 3. The molecule has 0 radical (unpaired) electrons. The fraction of sp³-hybridized carbons (Fsp3) is 0.312. The van der Waals surface area contributed by atoms with Gasteiger partial charge in [-0.05, 0) is 60.7 Å². The Morgan fingerprint density at radius 3 is 1.86 bits per heavy atom. The Kier molecular flexibility index (Phi) is 5.13. The number of esters is 2. The minimum atomic E-state index is -1.29. The molecule has 0 N–H and O–H groups in total. The predicted molar refractivity (Wildman–Crippen MR) is 144 cm³/mol. The monoisotopic (exact) mass is 494 g/mol. The molecular formula is C32H30O5. The van der Waals surface area contributed by atoms with E-state index in [2.05, 4.69) is 18.2 Å². The maximum absolute atomic E-state index is 13.8. The van der Waals surface area contributed by atoms with Crippen molar-refractivity contribution in [2.24, 2.45) is 10.8 Å². The second-order valence-electron chi connectivity index (χ2n) is 10.8. The molecule has 2 aliphatic rings. The highest BCUT2D eigenvalue weighted by atomic mass is 16.6. The van der Waals surface area contributed by atoms with Gasteiger partial charge >= 0.3 is 11.9 Å². The molecule has 0 unspecified atom stereocenters. The minimum absolute atomic E-state index is 0.321. The topological polar surface area (TPSA) is 61.8 Å². The standard InChI is InChI=1S/C32H30O5/c1-5-35-24-16-8-12-20-10-6-14-22(26(20)24)23-15-7-11-21-13-9-17-25(27(21)23)36-29(34)32-19-18-31(4,28(33)37-32)30(32,2)3/h6-17H,5,18-19H2,1-4H3/t31-,32+/m0/s1. The highest BCUT2D eigenvalue weighted by molar-refractivity contribution is 6.10. The van der Waals surface area contributed by atoms with Gasteiger partial charge in [0.05, 0.1) is 12.0 Å². The normalized spacial score (nSPS) is 23.8. The summed E-state index contributed by atoms with van der Waals surface area (Å²) in [7, 11) is 0. The van der Waals surface area contributed by atoms with Crippen LogP contribution in [0.4, 0.5) is 0 Å². The van der Waals surface area contributed by atoms with Gasteiger partial charge in [0, 0.05) is 16.2 Å². The number of fused-ring (bicyclic) bond motifs is 4. The van der Waals surface area contributed by atoms with Crippen LogP contribution in [-0.4, -0.2) is 24.1 Å². The summed E-state index contributed by atoms with van der Waals surface area (Å²) in [6.07, 6.45) is 1.06. The van der Waals surface area contributed by atoms with Crippen LogP contribution in [0.1, 0.15) is 40.5 Å². The van der Waals surface area contributed by atoms with E-state index >= 15 is 0 Å². The lowest BCUT2D eigenvalue weighted by Crippen LogP contribution is -2.50. The predicted octanol–water partition coefficient (Wildman–Crippen LogP) is 7.09. The molecule has 1 saturated carbocycles. The summed E-state index contributed by atoms with van der Waals surface area (Å²) in [5.74, 6) is 0.428. The third-order valence-electron chi connectivity index (χ3n) is 8.94. The van der Waals surface area contributed by atoms with Gasteiger partial charge in [0.25, 0.3) is 0 Å². The van der Waals surface area contributed by atoms with E-state index in [-0.39, 0.29) is 5.97 Å². The van der Waals surface area contributed by atoms with Gasteiger partial charge in [0.2, 0.25) is 5.60 Å². The van der Waals surface area contributed by atoms with Gasteiger partial charge in [-0.25, -0.2) is 4.79 Å². The Balaban J connectivity index is 1.51. The largest absolute Gasteiger partial charge is 0.493 e. The Morgan fingerprint density at radius 2 is 1.35 bits per heavy atom. The average Bonchev–Trinajstić information content (AvgIpc) is 3.19. The molecule has 37 heavy (non-hydrogen) atoms. The maximum Gasteiger partial charge on any atom is 0.356 e. The van der Waals surface area contributed by atoms with Crippen molar-refractivity contribution in [2.45, 2.75) is 46.1 Å². The van der Waals surface area contributed by atoms with Crippen molar-refractivity contribution in [3.63, 3.8) is 0 Å². The van der Waals surface area contributed by atoms with Crippen molar-refractivity contribution in [2.75, 3.05) is 6.61 Å². The SMILES string of the molecule is CCOc1cccc2cccc(-c3cccc4cccc(OC(=O)[C@@]56CC[C@@](C)(C(=O)O5)C6(C)C)c34)c12. The minimum Gasteiger partial charge on any atom is -0.493 e. The van der Waals surface area contributed by atoms with Gasteiger partial charge in [-0.1, -0.05) is 74.5 Å². The summed E-state index contributed by atoms with van der Waals surface area (Å²) < 4.78 is 18.0. The lowest BCUT2D eigenvalue weighted by atomic mass is 9.66. The second kappa shape index (κ2) is 8.07. The maximum atomic E-state index is 13.8. The van der Waals surface area contributed by atoms with Crippen LogP contribution in [0.15, 0.2) is 72.8 Å². The van der Waals surface area contributed by atoms with Crippen LogP contribution >= 0.6 is 0 Å². The summed E-state index contributed by atoms with van der Waals surface area (Å²) in [6, 6.07) is 24.0. The quantitative estimate of drug-likeness (QED) is 0.219. The molecule has 0 amide bonds. The molecule has 2 bridgehead atoms. The van der Waals surface area contributed by atoms with Crippen molar-refractivity contribution < 1.29 is 23.8 Å². The molecular weight excluding hydrogens is 464 g/mol. The fourth-order valence-electron chi connectivity index (χ4n) is 6.31. The Bertz CT molecular complexity index is 1570. The average molecular weight is 495 g/mol. The van der Waals surface area contributed by atoms with Gasteiger partial charge < -0.3 is 14.2 Å². The van der Waals surface area contributed by atoms with Crippen molar-refractivity contribution in [3.05, 3.63) is 72.8 Å². The van der Waals surface area contributed by atoms with E-state index in [1.807, 2.05) is 82.3 Å². The zero-order chi connectivity index (χ0) is 26.0. The summed E-state index contributed by atoms with van der Waals surface area (Å²) in [4.78, 5) is 26.6. The van der Waals surface area contributed by atoms with Crippen LogP contribution in [0.5, 0.6) is 11.5 Å². The highest BCUT2D eigenvalue weighted by Gasteiger charge is 2.76. The number of carbonyl (C=O) groups excluding carboxylic acids is 2. The molecule has 4 aromatic carbocycles. The first-order valence-corrected chi connectivity index (χ1v) is 12.9. The first-order valence-electron chi connectivity index (χ1n) is 12.9. The molecule has 188 valence electrons. The zero-order valence-corrected chi connectivity index (χ0v) is 21.6. The number of hydrogen-bond acceptors (Lipinski definition) is 5. The van der Waals surface area contributed by atoms with Crippen LogP contribution in [0, 0.1) is 10.8 Å². The molecule has 0 aromatic heterocycles. The highest BCUT2D eigenvalue weighted by Crippen LogP contribution is 2.65. The van der Waals surface area contributed by atoms with E-state index in [1.165, 1.54) is 0 Å². The van der Waals surface area contributed by atoms with Crippen molar-refractivity contribution in [1.29, 1.82) is 0 Å². The number of rotatable bonds is 5. The van der Waals surface area contributed by atoms with Gasteiger partial charge in [0.1, 0.15) is 11.5 Å². The Morgan fingerprint density at radius 1 is 0.811 bits per heavy atom. The third kappa shape index (κ3) is 3.09. The van der Waals surface area contributed by atoms with Crippen LogP contribution < -0.4 is 9.47 Å². The first-order chi connectivity index (χ1) is 17.7. The second-order valence-corrected chi connectivity index (χ2v) is 10.8. The molecule has 2 atom stereocenters. The molecule has 4 aromatic rings. The fourth-order valence-corrected chi connectivity index (χ4v) is 6.31. The summed E-state index contributed by atoms with van der Waals surface area (Å²) in [5.41, 5.74) is -0.736. The van der Waals surface area contributed by atoms with Crippen LogP contribution in [0.2, 0.25) is 0 Å². The molecule has 5 heteroatoms. The van der Waals surface area contributed by atoms with E-state index in [0.717, 1.165) is 38.4 Å². The van der Waals surface area contributed by atoms with Crippen LogP contribution in [0.3, 0.4) is 0 Å². The third-order valence-corrected chi connectivity index (χ3v) is 8.94. The van der Waals surface area contributed by atoms with Gasteiger partial charge in [-0.2, -0.15) is 0 Å². The van der Waals surface area contributed by atoms with Crippen LogP contribution in [0.25, 0.3) is 32.7 Å². The van der Waals surface area contributed by atoms with Crippen molar-refractivity contribution >= 4 is 33.5 Å². The number of benzene rings is 4. The summed E-state index contributed by atoms with van der Waals surface area (Å²) in [5, 5.41) is 3.86. The molecule has 1 heterocycles. The van der Waals surface area contributed by atoms with E-state index < -0.39 is 22.4 Å². The summed E-state index contributed by atoms with van der Waals surface area (Å²) >= 11 is 0. The molecule has 2 fully saturated rings.